The highest BCUT2D eigenvalue weighted by molar-refractivity contribution is 5.63. The summed E-state index contributed by atoms with van der Waals surface area (Å²) in [5.74, 6) is 0. The van der Waals surface area contributed by atoms with Crippen molar-refractivity contribution in [3.05, 3.63) is 11.9 Å². The molecular formula is C7H6F3N5. The zero-order chi connectivity index (χ0) is 11.1. The zero-order valence-electron chi connectivity index (χ0n) is 7.65. The molecule has 0 unspecified atom stereocenters. The summed E-state index contributed by atoms with van der Waals surface area (Å²) in [4.78, 5) is 7.70. The maximum absolute atomic E-state index is 12.1. The molecule has 0 saturated carbocycles. The van der Waals surface area contributed by atoms with Gasteiger partial charge in [0.25, 0.3) is 0 Å². The van der Waals surface area contributed by atoms with Crippen LogP contribution in [0.25, 0.3) is 11.3 Å². The molecule has 0 aliphatic rings. The van der Waals surface area contributed by atoms with Crippen LogP contribution < -0.4 is 0 Å². The molecule has 5 nitrogen and oxygen atoms in total. The summed E-state index contributed by atoms with van der Waals surface area (Å²) >= 11 is 0. The third-order valence-corrected chi connectivity index (χ3v) is 1.68. The number of hydrogen-bond donors (Lipinski definition) is 0. The maximum Gasteiger partial charge on any atom is 0.408 e. The lowest BCUT2D eigenvalue weighted by atomic mass is 10.5. The molecule has 0 amide bonds. The van der Waals surface area contributed by atoms with E-state index in [9.17, 15) is 13.2 Å². The summed E-state index contributed by atoms with van der Waals surface area (Å²) < 4.78 is 37.0. The minimum Gasteiger partial charge on any atom is -0.230 e. The monoisotopic (exact) mass is 217 g/mol. The van der Waals surface area contributed by atoms with Crippen LogP contribution in [0.1, 0.15) is 5.69 Å². The van der Waals surface area contributed by atoms with E-state index >= 15 is 0 Å². The zero-order valence-corrected chi connectivity index (χ0v) is 7.65. The molecule has 0 aromatic carbocycles. The van der Waals surface area contributed by atoms with E-state index in [4.69, 9.17) is 0 Å². The van der Waals surface area contributed by atoms with Gasteiger partial charge in [-0.25, -0.2) is 14.6 Å². The first-order valence-corrected chi connectivity index (χ1v) is 4.05. The third-order valence-electron chi connectivity index (χ3n) is 1.68. The van der Waals surface area contributed by atoms with Gasteiger partial charge in [0, 0.05) is 0 Å². The Morgan fingerprint density at radius 2 is 2.13 bits per heavy atom. The summed E-state index contributed by atoms with van der Waals surface area (Å²) in [5.41, 5.74) is 0.686. The van der Waals surface area contributed by atoms with Gasteiger partial charge in [-0.1, -0.05) is 5.21 Å². The Labute approximate surface area is 81.9 Å². The molecule has 2 aromatic heterocycles. The van der Waals surface area contributed by atoms with Crippen LogP contribution in [-0.4, -0.2) is 31.1 Å². The molecular weight excluding hydrogens is 211 g/mol. The normalized spacial score (nSPS) is 12.3. The fourth-order valence-electron chi connectivity index (χ4n) is 1.12. The Bertz CT molecular complexity index is 489. The Morgan fingerprint density at radius 1 is 1.40 bits per heavy atom. The summed E-state index contributed by atoms with van der Waals surface area (Å²) in [6, 6.07) is 0. The van der Waals surface area contributed by atoms with E-state index in [2.05, 4.69) is 20.3 Å². The molecule has 0 radical (unpaired) electrons. The van der Waals surface area contributed by atoms with Gasteiger partial charge in [0.1, 0.15) is 6.54 Å². The summed E-state index contributed by atoms with van der Waals surface area (Å²) in [6.45, 7) is 0.430. The number of halogens is 3. The van der Waals surface area contributed by atoms with E-state index < -0.39 is 12.7 Å². The summed E-state index contributed by atoms with van der Waals surface area (Å²) in [6.07, 6.45) is -2.92. The lowest BCUT2D eigenvalue weighted by molar-refractivity contribution is -0.142. The Balaban J connectivity index is 2.48. The molecule has 0 aliphatic carbocycles. The number of hydrogen-bond acceptors (Lipinski definition) is 4. The Morgan fingerprint density at radius 3 is 2.80 bits per heavy atom. The highest BCUT2D eigenvalue weighted by atomic mass is 19.4. The minimum atomic E-state index is -4.34. The van der Waals surface area contributed by atoms with Crippen molar-refractivity contribution in [3.8, 4) is 0 Å². The van der Waals surface area contributed by atoms with Crippen molar-refractivity contribution in [2.24, 2.45) is 0 Å². The summed E-state index contributed by atoms with van der Waals surface area (Å²) in [7, 11) is 0. The van der Waals surface area contributed by atoms with Gasteiger partial charge >= 0.3 is 6.18 Å². The number of fused-ring (bicyclic) bond motifs is 1. The quantitative estimate of drug-likeness (QED) is 0.717. The van der Waals surface area contributed by atoms with Gasteiger partial charge in [0.2, 0.25) is 5.65 Å². The molecule has 2 rings (SSSR count). The average molecular weight is 217 g/mol. The first-order chi connectivity index (χ1) is 6.96. The van der Waals surface area contributed by atoms with Crippen molar-refractivity contribution in [3.63, 3.8) is 0 Å². The van der Waals surface area contributed by atoms with E-state index in [0.29, 0.717) is 10.4 Å². The van der Waals surface area contributed by atoms with Gasteiger partial charge in [-0.3, -0.25) is 0 Å². The van der Waals surface area contributed by atoms with Crippen LogP contribution in [0.15, 0.2) is 6.20 Å². The van der Waals surface area contributed by atoms with Crippen LogP contribution in [0.3, 0.4) is 0 Å². The van der Waals surface area contributed by atoms with Crippen molar-refractivity contribution in [2.75, 3.05) is 0 Å². The molecule has 0 N–H and O–H groups in total. The molecule has 0 aliphatic heterocycles. The van der Waals surface area contributed by atoms with Crippen molar-refractivity contribution in [1.29, 1.82) is 0 Å². The van der Waals surface area contributed by atoms with Gasteiger partial charge < -0.3 is 0 Å². The van der Waals surface area contributed by atoms with Gasteiger partial charge in [-0.15, -0.1) is 5.10 Å². The van der Waals surface area contributed by atoms with Crippen molar-refractivity contribution in [2.45, 2.75) is 19.6 Å². The Hall–Kier alpha value is -1.73. The average Bonchev–Trinajstić information content (AvgIpc) is 2.46. The third kappa shape index (κ3) is 2.03. The maximum atomic E-state index is 12.1. The lowest BCUT2D eigenvalue weighted by Crippen LogP contribution is -2.19. The number of rotatable bonds is 1. The van der Waals surface area contributed by atoms with Gasteiger partial charge in [-0.05, 0) is 6.92 Å². The highest BCUT2D eigenvalue weighted by Gasteiger charge is 2.30. The smallest absolute Gasteiger partial charge is 0.230 e. The number of alkyl halides is 3. The second kappa shape index (κ2) is 3.14. The van der Waals surface area contributed by atoms with E-state index in [1.54, 1.807) is 6.92 Å². The van der Waals surface area contributed by atoms with Gasteiger partial charge in [-0.2, -0.15) is 13.2 Å². The molecule has 0 bridgehead atoms. The molecule has 15 heavy (non-hydrogen) atoms. The number of aryl methyl sites for hydroxylation is 1. The predicted octanol–water partition coefficient (Wildman–Crippen LogP) is 1.09. The molecule has 0 spiro atoms. The van der Waals surface area contributed by atoms with Crippen LogP contribution in [0.5, 0.6) is 0 Å². The van der Waals surface area contributed by atoms with Crippen LogP contribution in [0.2, 0.25) is 0 Å². The summed E-state index contributed by atoms with van der Waals surface area (Å²) in [5, 5.41) is 6.83. The molecule has 0 saturated heterocycles. The molecule has 80 valence electrons. The molecule has 0 fully saturated rings. The number of aromatic nitrogens is 5. The van der Waals surface area contributed by atoms with Gasteiger partial charge in [0.15, 0.2) is 5.65 Å². The van der Waals surface area contributed by atoms with E-state index in [-0.39, 0.29) is 11.3 Å². The topological polar surface area (TPSA) is 56.5 Å². The fourth-order valence-corrected chi connectivity index (χ4v) is 1.12. The van der Waals surface area contributed by atoms with Crippen LogP contribution >= 0.6 is 0 Å². The minimum absolute atomic E-state index is 0.0484. The lowest BCUT2D eigenvalue weighted by Gasteiger charge is -2.05. The van der Waals surface area contributed by atoms with Gasteiger partial charge in [0.05, 0.1) is 11.9 Å². The standard InChI is InChI=1S/C7H6F3N5/c1-4-2-11-5-6(12-4)15(14-13-5)3-7(8,9)10/h2H,3H2,1H3. The molecule has 8 heteroatoms. The fraction of sp³-hybridized carbons (Fsp3) is 0.429. The second-order valence-corrected chi connectivity index (χ2v) is 3.02. The Kier molecular flexibility index (Phi) is 2.06. The predicted molar refractivity (Wildman–Crippen MR) is 43.9 cm³/mol. The van der Waals surface area contributed by atoms with E-state index in [1.807, 2.05) is 0 Å². The van der Waals surface area contributed by atoms with E-state index in [0.717, 1.165) is 0 Å². The molecule has 0 atom stereocenters. The van der Waals surface area contributed by atoms with Crippen molar-refractivity contribution < 1.29 is 13.2 Å². The highest BCUT2D eigenvalue weighted by Crippen LogP contribution is 2.18. The SMILES string of the molecule is Cc1cnc2nnn(CC(F)(F)F)c2n1. The van der Waals surface area contributed by atoms with Crippen molar-refractivity contribution >= 4 is 11.3 Å². The number of nitrogens with zero attached hydrogens (tertiary/aromatic N) is 5. The second-order valence-electron chi connectivity index (χ2n) is 3.02. The first kappa shape index (κ1) is 9.81. The van der Waals surface area contributed by atoms with Crippen LogP contribution in [0, 0.1) is 6.92 Å². The van der Waals surface area contributed by atoms with E-state index in [1.165, 1.54) is 6.20 Å². The molecule has 2 aromatic rings. The van der Waals surface area contributed by atoms with Crippen molar-refractivity contribution in [1.82, 2.24) is 25.0 Å². The first-order valence-electron chi connectivity index (χ1n) is 4.05. The van der Waals surface area contributed by atoms with Crippen LogP contribution in [-0.2, 0) is 6.54 Å². The largest absolute Gasteiger partial charge is 0.408 e. The molecule has 2 heterocycles. The van der Waals surface area contributed by atoms with Crippen LogP contribution in [0.4, 0.5) is 13.2 Å².